The molecule has 2 heterocycles. The third-order valence-corrected chi connectivity index (χ3v) is 4.26. The molecule has 24 heavy (non-hydrogen) atoms. The van der Waals surface area contributed by atoms with Gasteiger partial charge in [-0.25, -0.2) is 4.79 Å². The van der Waals surface area contributed by atoms with Crippen LogP contribution in [-0.2, 0) is 0 Å². The van der Waals surface area contributed by atoms with E-state index >= 15 is 0 Å². The van der Waals surface area contributed by atoms with Crippen molar-refractivity contribution in [1.29, 1.82) is 0 Å². The minimum Gasteiger partial charge on any atom is -0.478 e. The first-order chi connectivity index (χ1) is 11.5. The Morgan fingerprint density at radius 3 is 2.50 bits per heavy atom. The number of aromatic carboxylic acids is 1. The Hall–Kier alpha value is -2.60. The van der Waals surface area contributed by atoms with Crippen LogP contribution in [0.3, 0.4) is 0 Å². The summed E-state index contributed by atoms with van der Waals surface area (Å²) in [5, 5.41) is 9.45. The molecule has 0 atom stereocenters. The molecule has 6 heteroatoms. The number of hydrogen-bond acceptors (Lipinski definition) is 5. The van der Waals surface area contributed by atoms with E-state index in [2.05, 4.69) is 13.7 Å². The van der Waals surface area contributed by atoms with Crippen molar-refractivity contribution in [3.63, 3.8) is 0 Å². The Balaban J connectivity index is 2.18. The van der Waals surface area contributed by atoms with Crippen molar-refractivity contribution in [2.45, 2.75) is 26.7 Å². The molecule has 122 valence electrons. The van der Waals surface area contributed by atoms with E-state index in [1.54, 1.807) is 18.3 Å². The van der Waals surface area contributed by atoms with Crippen LogP contribution in [0.5, 0.6) is 0 Å². The van der Waals surface area contributed by atoms with E-state index < -0.39 is 5.97 Å². The number of hydrogen-bond donors (Lipinski definition) is 1. The Bertz CT molecular complexity index is 886. The van der Waals surface area contributed by atoms with Gasteiger partial charge in [0.05, 0.1) is 28.7 Å². The predicted molar refractivity (Wildman–Crippen MR) is 94.4 cm³/mol. The summed E-state index contributed by atoms with van der Waals surface area (Å²) in [4.78, 5) is 15.9. The van der Waals surface area contributed by atoms with Crippen molar-refractivity contribution >= 4 is 17.7 Å². The summed E-state index contributed by atoms with van der Waals surface area (Å²) in [7, 11) is 0. The van der Waals surface area contributed by atoms with Crippen LogP contribution in [0.1, 0.15) is 41.4 Å². The Labute approximate surface area is 144 Å². The molecule has 0 aliphatic carbocycles. The number of pyridine rings is 1. The maximum atomic E-state index is 11.5. The molecule has 0 aliphatic rings. The molecular weight excluding hydrogens is 322 g/mol. The van der Waals surface area contributed by atoms with Gasteiger partial charge in [-0.3, -0.25) is 4.98 Å². The first-order valence-corrected chi connectivity index (χ1v) is 8.33. The van der Waals surface area contributed by atoms with Gasteiger partial charge < -0.3 is 5.11 Å². The summed E-state index contributed by atoms with van der Waals surface area (Å²) < 4.78 is 8.72. The molecule has 0 bridgehead atoms. The van der Waals surface area contributed by atoms with Crippen LogP contribution >= 0.6 is 11.7 Å². The lowest BCUT2D eigenvalue weighted by atomic mass is 9.97. The maximum Gasteiger partial charge on any atom is 0.335 e. The summed E-state index contributed by atoms with van der Waals surface area (Å²) in [6, 6.07) is 9.05. The highest BCUT2D eigenvalue weighted by atomic mass is 32.1. The van der Waals surface area contributed by atoms with Crippen molar-refractivity contribution in [3.05, 3.63) is 53.3 Å². The molecule has 0 saturated heterocycles. The van der Waals surface area contributed by atoms with Gasteiger partial charge in [-0.15, -0.1) is 0 Å². The lowest BCUT2D eigenvalue weighted by Gasteiger charge is -2.09. The molecule has 3 aromatic rings. The fourth-order valence-corrected chi connectivity index (χ4v) is 3.16. The molecule has 0 radical (unpaired) electrons. The number of rotatable bonds is 4. The molecule has 0 saturated carbocycles. The van der Waals surface area contributed by atoms with Gasteiger partial charge in [0.15, 0.2) is 0 Å². The summed E-state index contributed by atoms with van der Waals surface area (Å²) >= 11 is 1.14. The minimum absolute atomic E-state index is 0.215. The van der Waals surface area contributed by atoms with Gasteiger partial charge in [-0.1, -0.05) is 19.9 Å². The smallest absolute Gasteiger partial charge is 0.335 e. The third-order valence-electron chi connectivity index (χ3n) is 3.72. The van der Waals surface area contributed by atoms with E-state index in [4.69, 9.17) is 0 Å². The molecule has 1 aromatic carbocycles. The van der Waals surface area contributed by atoms with Crippen molar-refractivity contribution in [1.82, 2.24) is 13.7 Å². The summed E-state index contributed by atoms with van der Waals surface area (Å²) in [5.41, 5.74) is 5.14. The molecule has 0 aliphatic heterocycles. The van der Waals surface area contributed by atoms with Crippen LogP contribution in [0.15, 0.2) is 36.5 Å². The number of carboxylic acid groups (broad SMARTS) is 1. The SMILES string of the molecule is Cc1ccc(-c2cc(C(=O)O)cc(-c3nsnc3C(C)C)c2)nc1. The number of nitrogens with zero attached hydrogens (tertiary/aromatic N) is 3. The van der Waals surface area contributed by atoms with E-state index in [1.807, 2.05) is 39.0 Å². The number of carbonyl (C=O) groups is 1. The Morgan fingerprint density at radius 2 is 1.88 bits per heavy atom. The average Bonchev–Trinajstić information content (AvgIpc) is 3.05. The molecule has 0 amide bonds. The Morgan fingerprint density at radius 1 is 1.12 bits per heavy atom. The molecule has 0 unspecified atom stereocenters. The van der Waals surface area contributed by atoms with Crippen molar-refractivity contribution in [2.24, 2.45) is 0 Å². The van der Waals surface area contributed by atoms with E-state index in [-0.39, 0.29) is 11.5 Å². The zero-order valence-electron chi connectivity index (χ0n) is 13.6. The molecule has 1 N–H and O–H groups in total. The highest BCUT2D eigenvalue weighted by molar-refractivity contribution is 6.99. The van der Waals surface area contributed by atoms with Crippen LogP contribution < -0.4 is 0 Å². The van der Waals surface area contributed by atoms with E-state index in [0.29, 0.717) is 0 Å². The van der Waals surface area contributed by atoms with Gasteiger partial charge in [0.25, 0.3) is 0 Å². The maximum absolute atomic E-state index is 11.5. The molecule has 0 fully saturated rings. The normalized spacial score (nSPS) is 11.0. The second kappa shape index (κ2) is 6.49. The van der Waals surface area contributed by atoms with Crippen LogP contribution in [0.4, 0.5) is 0 Å². The van der Waals surface area contributed by atoms with E-state index in [9.17, 15) is 9.90 Å². The summed E-state index contributed by atoms with van der Waals surface area (Å²) in [6.07, 6.45) is 1.77. The van der Waals surface area contributed by atoms with Gasteiger partial charge in [-0.2, -0.15) is 8.75 Å². The first-order valence-electron chi connectivity index (χ1n) is 7.60. The highest BCUT2D eigenvalue weighted by Gasteiger charge is 2.17. The number of aromatic nitrogens is 3. The largest absolute Gasteiger partial charge is 0.478 e. The molecule has 3 rings (SSSR count). The second-order valence-electron chi connectivity index (χ2n) is 5.98. The van der Waals surface area contributed by atoms with E-state index in [1.165, 1.54) is 0 Å². The second-order valence-corrected chi connectivity index (χ2v) is 6.51. The lowest BCUT2D eigenvalue weighted by Crippen LogP contribution is -1.99. The van der Waals surface area contributed by atoms with Gasteiger partial charge in [0, 0.05) is 17.3 Å². The van der Waals surface area contributed by atoms with Crippen LogP contribution in [0.2, 0.25) is 0 Å². The average molecular weight is 339 g/mol. The van der Waals surface area contributed by atoms with Gasteiger partial charge in [0.1, 0.15) is 5.69 Å². The zero-order valence-corrected chi connectivity index (χ0v) is 14.5. The summed E-state index contributed by atoms with van der Waals surface area (Å²) in [6.45, 7) is 6.05. The van der Waals surface area contributed by atoms with Gasteiger partial charge >= 0.3 is 5.97 Å². The zero-order chi connectivity index (χ0) is 17.3. The van der Waals surface area contributed by atoms with Crippen LogP contribution in [0, 0.1) is 6.92 Å². The minimum atomic E-state index is -0.973. The summed E-state index contributed by atoms with van der Waals surface area (Å²) in [5.74, 6) is -0.757. The third kappa shape index (κ3) is 3.19. The topological polar surface area (TPSA) is 76.0 Å². The number of carboxylic acids is 1. The lowest BCUT2D eigenvalue weighted by molar-refractivity contribution is 0.0697. The number of benzene rings is 1. The van der Waals surface area contributed by atoms with Crippen LogP contribution in [0.25, 0.3) is 22.5 Å². The van der Waals surface area contributed by atoms with Crippen molar-refractivity contribution in [2.75, 3.05) is 0 Å². The standard InChI is InChI=1S/C18H17N3O2S/c1-10(2)16-17(21-24-20-16)13-6-12(7-14(8-13)18(22)23)15-5-4-11(3)9-19-15/h4-10H,1-3H3,(H,22,23). The van der Waals surface area contributed by atoms with Gasteiger partial charge in [-0.05, 0) is 42.7 Å². The van der Waals surface area contributed by atoms with Gasteiger partial charge in [0.2, 0.25) is 0 Å². The quantitative estimate of drug-likeness (QED) is 0.762. The Kier molecular flexibility index (Phi) is 4.40. The fourth-order valence-electron chi connectivity index (χ4n) is 2.45. The molecule has 0 spiro atoms. The molecular formula is C18H17N3O2S. The predicted octanol–water partition coefficient (Wildman–Crippen LogP) is 4.40. The first kappa shape index (κ1) is 16.3. The molecule has 2 aromatic heterocycles. The monoisotopic (exact) mass is 339 g/mol. The molecule has 5 nitrogen and oxygen atoms in total. The van der Waals surface area contributed by atoms with Crippen LogP contribution in [-0.4, -0.2) is 24.8 Å². The number of aryl methyl sites for hydroxylation is 1. The fraction of sp³-hybridized carbons (Fsp3) is 0.222. The van der Waals surface area contributed by atoms with Crippen molar-refractivity contribution in [3.8, 4) is 22.5 Å². The van der Waals surface area contributed by atoms with Crippen molar-refractivity contribution < 1.29 is 9.90 Å². The highest BCUT2D eigenvalue weighted by Crippen LogP contribution is 2.31. The van der Waals surface area contributed by atoms with E-state index in [0.717, 1.165) is 45.5 Å².